The van der Waals surface area contributed by atoms with Crippen molar-refractivity contribution in [2.24, 2.45) is 0 Å². The highest BCUT2D eigenvalue weighted by Crippen LogP contribution is 2.27. The summed E-state index contributed by atoms with van der Waals surface area (Å²) < 4.78 is 27.4. The SMILES string of the molecule is Cc1cc([N+](=O)[O-])ccc1NC(C)c1c(F)cccc1F. The molecule has 1 unspecified atom stereocenters. The minimum Gasteiger partial charge on any atom is -0.378 e. The van der Waals surface area contributed by atoms with Crippen molar-refractivity contribution in [3.8, 4) is 0 Å². The molecule has 0 aliphatic carbocycles. The summed E-state index contributed by atoms with van der Waals surface area (Å²) in [6.45, 7) is 3.32. The summed E-state index contributed by atoms with van der Waals surface area (Å²) in [6, 6.07) is 7.37. The van der Waals surface area contributed by atoms with Gasteiger partial charge in [-0.3, -0.25) is 10.1 Å². The summed E-state index contributed by atoms with van der Waals surface area (Å²) in [5, 5.41) is 13.7. The number of nitrogens with one attached hydrogen (secondary N) is 1. The molecule has 0 saturated carbocycles. The van der Waals surface area contributed by atoms with E-state index in [0.717, 1.165) is 0 Å². The Morgan fingerprint density at radius 1 is 1.19 bits per heavy atom. The van der Waals surface area contributed by atoms with Crippen molar-refractivity contribution in [1.82, 2.24) is 0 Å². The third-order valence-corrected chi connectivity index (χ3v) is 3.23. The molecule has 2 aromatic carbocycles. The Labute approximate surface area is 120 Å². The van der Waals surface area contributed by atoms with Crippen LogP contribution in [0.15, 0.2) is 36.4 Å². The monoisotopic (exact) mass is 292 g/mol. The van der Waals surface area contributed by atoms with Crippen molar-refractivity contribution in [2.45, 2.75) is 19.9 Å². The molecular formula is C15H14F2N2O2. The summed E-state index contributed by atoms with van der Waals surface area (Å²) in [5.74, 6) is -1.26. The first kappa shape index (κ1) is 14.9. The van der Waals surface area contributed by atoms with Gasteiger partial charge in [-0.05, 0) is 37.6 Å². The molecule has 0 aliphatic rings. The fourth-order valence-electron chi connectivity index (χ4n) is 2.15. The molecule has 2 rings (SSSR count). The Balaban J connectivity index is 2.28. The number of halogens is 2. The first-order chi connectivity index (χ1) is 9.90. The zero-order valence-corrected chi connectivity index (χ0v) is 11.6. The number of benzene rings is 2. The predicted octanol–water partition coefficient (Wildman–Crippen LogP) is 4.35. The number of rotatable bonds is 4. The molecule has 0 heterocycles. The van der Waals surface area contributed by atoms with E-state index in [1.54, 1.807) is 13.8 Å². The van der Waals surface area contributed by atoms with Crippen LogP contribution in [0.5, 0.6) is 0 Å². The summed E-state index contributed by atoms with van der Waals surface area (Å²) >= 11 is 0. The van der Waals surface area contributed by atoms with Gasteiger partial charge >= 0.3 is 0 Å². The first-order valence-electron chi connectivity index (χ1n) is 6.35. The highest BCUT2D eigenvalue weighted by atomic mass is 19.1. The quantitative estimate of drug-likeness (QED) is 0.673. The van der Waals surface area contributed by atoms with Gasteiger partial charge in [-0.2, -0.15) is 0 Å². The molecule has 0 aliphatic heterocycles. The van der Waals surface area contributed by atoms with Crippen LogP contribution in [0.2, 0.25) is 0 Å². The molecule has 2 aromatic rings. The highest BCUT2D eigenvalue weighted by molar-refractivity contribution is 5.56. The molecular weight excluding hydrogens is 278 g/mol. The van der Waals surface area contributed by atoms with Gasteiger partial charge in [-0.25, -0.2) is 8.78 Å². The van der Waals surface area contributed by atoms with Gasteiger partial charge in [0.2, 0.25) is 0 Å². The average Bonchev–Trinajstić information content (AvgIpc) is 2.40. The minimum absolute atomic E-state index is 0.0252. The van der Waals surface area contributed by atoms with Crippen LogP contribution < -0.4 is 5.32 Å². The average molecular weight is 292 g/mol. The standard InChI is InChI=1S/C15H14F2N2O2/c1-9-8-11(19(20)21)6-7-14(9)18-10(2)15-12(16)4-3-5-13(15)17/h3-8,10,18H,1-2H3. The highest BCUT2D eigenvalue weighted by Gasteiger charge is 2.17. The fourth-order valence-corrected chi connectivity index (χ4v) is 2.15. The Morgan fingerprint density at radius 3 is 2.33 bits per heavy atom. The van der Waals surface area contributed by atoms with E-state index in [-0.39, 0.29) is 11.3 Å². The number of nitro groups is 1. The predicted molar refractivity (Wildman–Crippen MR) is 76.2 cm³/mol. The molecule has 1 atom stereocenters. The van der Waals surface area contributed by atoms with Crippen molar-refractivity contribution >= 4 is 11.4 Å². The van der Waals surface area contributed by atoms with E-state index >= 15 is 0 Å². The second-order valence-corrected chi connectivity index (χ2v) is 4.76. The molecule has 0 aromatic heterocycles. The van der Waals surface area contributed by atoms with E-state index < -0.39 is 22.6 Å². The number of hydrogen-bond donors (Lipinski definition) is 1. The van der Waals surface area contributed by atoms with Crippen LogP contribution >= 0.6 is 0 Å². The molecule has 21 heavy (non-hydrogen) atoms. The van der Waals surface area contributed by atoms with Gasteiger partial charge in [-0.1, -0.05) is 6.07 Å². The van der Waals surface area contributed by atoms with E-state index in [4.69, 9.17) is 0 Å². The number of anilines is 1. The van der Waals surface area contributed by atoms with Crippen molar-refractivity contribution in [3.63, 3.8) is 0 Å². The van der Waals surface area contributed by atoms with Crippen molar-refractivity contribution < 1.29 is 13.7 Å². The van der Waals surface area contributed by atoms with Gasteiger partial charge in [0.1, 0.15) is 11.6 Å². The zero-order chi connectivity index (χ0) is 15.6. The Morgan fingerprint density at radius 2 is 1.81 bits per heavy atom. The summed E-state index contributed by atoms with van der Waals surface area (Å²) in [4.78, 5) is 10.2. The van der Waals surface area contributed by atoms with Crippen LogP contribution in [0, 0.1) is 28.7 Å². The lowest BCUT2D eigenvalue weighted by atomic mass is 10.1. The molecule has 4 nitrogen and oxygen atoms in total. The second-order valence-electron chi connectivity index (χ2n) is 4.76. The first-order valence-corrected chi connectivity index (χ1v) is 6.35. The maximum Gasteiger partial charge on any atom is 0.269 e. The molecule has 6 heteroatoms. The topological polar surface area (TPSA) is 55.2 Å². The number of nitrogens with zero attached hydrogens (tertiary/aromatic N) is 1. The number of non-ortho nitro benzene ring substituents is 1. The van der Waals surface area contributed by atoms with Gasteiger partial charge in [-0.15, -0.1) is 0 Å². The summed E-state index contributed by atoms with van der Waals surface area (Å²) in [5.41, 5.74) is 1.14. The lowest BCUT2D eigenvalue weighted by molar-refractivity contribution is -0.384. The fraction of sp³-hybridized carbons (Fsp3) is 0.200. The van der Waals surface area contributed by atoms with Crippen LogP contribution in [-0.4, -0.2) is 4.92 Å². The van der Waals surface area contributed by atoms with E-state index in [9.17, 15) is 18.9 Å². The Bertz CT molecular complexity index is 669. The lowest BCUT2D eigenvalue weighted by Crippen LogP contribution is -2.11. The normalized spacial score (nSPS) is 12.0. The largest absolute Gasteiger partial charge is 0.378 e. The van der Waals surface area contributed by atoms with Gasteiger partial charge in [0.25, 0.3) is 5.69 Å². The van der Waals surface area contributed by atoms with Crippen molar-refractivity contribution in [2.75, 3.05) is 5.32 Å². The van der Waals surface area contributed by atoms with Gasteiger partial charge in [0.05, 0.1) is 11.0 Å². The maximum atomic E-state index is 13.7. The van der Waals surface area contributed by atoms with Gasteiger partial charge in [0.15, 0.2) is 0 Å². The van der Waals surface area contributed by atoms with E-state index in [1.807, 2.05) is 0 Å². The summed E-state index contributed by atoms with van der Waals surface area (Å²) in [6.07, 6.45) is 0. The Hall–Kier alpha value is -2.50. The van der Waals surface area contributed by atoms with E-state index in [1.165, 1.54) is 36.4 Å². The molecule has 0 saturated heterocycles. The number of nitro benzene ring substituents is 1. The molecule has 110 valence electrons. The third-order valence-electron chi connectivity index (χ3n) is 3.23. The molecule has 0 spiro atoms. The molecule has 0 fully saturated rings. The summed E-state index contributed by atoms with van der Waals surface area (Å²) in [7, 11) is 0. The zero-order valence-electron chi connectivity index (χ0n) is 11.6. The van der Waals surface area contributed by atoms with E-state index in [2.05, 4.69) is 5.32 Å². The van der Waals surface area contributed by atoms with Crippen molar-refractivity contribution in [3.05, 3.63) is 69.3 Å². The van der Waals surface area contributed by atoms with Crippen LogP contribution in [0.4, 0.5) is 20.2 Å². The Kier molecular flexibility index (Phi) is 4.16. The van der Waals surface area contributed by atoms with Gasteiger partial charge < -0.3 is 5.32 Å². The number of aryl methyl sites for hydroxylation is 1. The molecule has 0 radical (unpaired) electrons. The van der Waals surface area contributed by atoms with Crippen molar-refractivity contribution in [1.29, 1.82) is 0 Å². The molecule has 0 amide bonds. The number of hydrogen-bond acceptors (Lipinski definition) is 3. The third kappa shape index (κ3) is 3.16. The van der Waals surface area contributed by atoms with Crippen LogP contribution in [-0.2, 0) is 0 Å². The smallest absolute Gasteiger partial charge is 0.269 e. The van der Waals surface area contributed by atoms with Gasteiger partial charge in [0, 0.05) is 23.4 Å². The van der Waals surface area contributed by atoms with Crippen LogP contribution in [0.3, 0.4) is 0 Å². The van der Waals surface area contributed by atoms with Crippen LogP contribution in [0.1, 0.15) is 24.1 Å². The molecule has 1 N–H and O–H groups in total. The van der Waals surface area contributed by atoms with Crippen LogP contribution in [0.25, 0.3) is 0 Å². The second kappa shape index (κ2) is 5.87. The lowest BCUT2D eigenvalue weighted by Gasteiger charge is -2.18. The minimum atomic E-state index is -0.630. The van der Waals surface area contributed by atoms with E-state index in [0.29, 0.717) is 11.3 Å². The molecule has 0 bridgehead atoms. The maximum absolute atomic E-state index is 13.7.